The predicted molar refractivity (Wildman–Crippen MR) is 108 cm³/mol. The Morgan fingerprint density at radius 3 is 2.37 bits per heavy atom. The van der Waals surface area contributed by atoms with Crippen LogP contribution in [0.25, 0.3) is 5.76 Å². The second-order valence-electron chi connectivity index (χ2n) is 6.65. The summed E-state index contributed by atoms with van der Waals surface area (Å²) in [5.41, 5.74) is 1.50. The van der Waals surface area contributed by atoms with Gasteiger partial charge in [-0.2, -0.15) is 0 Å². The van der Waals surface area contributed by atoms with E-state index in [1.54, 1.807) is 42.5 Å². The van der Waals surface area contributed by atoms with Gasteiger partial charge in [0, 0.05) is 16.7 Å². The number of carbonyl (C=O) groups is 2. The van der Waals surface area contributed by atoms with E-state index in [1.165, 1.54) is 20.3 Å². The third kappa shape index (κ3) is 3.28. The number of ketones is 2. The van der Waals surface area contributed by atoms with Crippen molar-refractivity contribution < 1.29 is 33.6 Å². The minimum absolute atomic E-state index is 0.0624. The molecule has 1 aliphatic heterocycles. The van der Waals surface area contributed by atoms with Crippen LogP contribution < -0.4 is 9.47 Å². The minimum Gasteiger partial charge on any atom is -0.497 e. The highest BCUT2D eigenvalue weighted by Crippen LogP contribution is 2.40. The van der Waals surface area contributed by atoms with E-state index in [4.69, 9.17) is 18.9 Å². The molecule has 0 saturated heterocycles. The van der Waals surface area contributed by atoms with E-state index in [-0.39, 0.29) is 35.9 Å². The molecule has 4 rings (SSSR count). The maximum absolute atomic E-state index is 13.2. The molecule has 2 aliphatic rings. The Hall–Kier alpha value is -3.42. The minimum atomic E-state index is -1.15. The first-order valence-corrected chi connectivity index (χ1v) is 9.34. The van der Waals surface area contributed by atoms with Crippen molar-refractivity contribution in [1.82, 2.24) is 0 Å². The van der Waals surface area contributed by atoms with Crippen LogP contribution in [0.2, 0.25) is 0 Å². The van der Waals surface area contributed by atoms with Crippen LogP contribution in [-0.4, -0.2) is 50.4 Å². The van der Waals surface area contributed by atoms with Gasteiger partial charge in [0.1, 0.15) is 17.3 Å². The zero-order chi connectivity index (χ0) is 21.3. The quantitative estimate of drug-likeness (QED) is 0.786. The van der Waals surface area contributed by atoms with E-state index in [9.17, 15) is 14.7 Å². The number of Topliss-reactive ketones (excluding diaryl/α,β-unsaturated/α-hetero) is 2. The molecule has 30 heavy (non-hydrogen) atoms. The maximum Gasteiger partial charge on any atom is 0.231 e. The summed E-state index contributed by atoms with van der Waals surface area (Å²) in [4.78, 5) is 26.3. The van der Waals surface area contributed by atoms with E-state index < -0.39 is 6.29 Å². The van der Waals surface area contributed by atoms with Gasteiger partial charge in [0.15, 0.2) is 11.6 Å². The SMILES string of the molecule is COc1ccc(OC)c(C2=CC3=C(C(=O)c4ccccc4C3=O)C(OCCO)O2)c1. The van der Waals surface area contributed by atoms with E-state index in [1.807, 2.05) is 0 Å². The van der Waals surface area contributed by atoms with Crippen LogP contribution in [-0.2, 0) is 9.47 Å². The number of aliphatic hydroxyl groups excluding tert-OH is 1. The summed E-state index contributed by atoms with van der Waals surface area (Å²) in [5, 5.41) is 9.20. The summed E-state index contributed by atoms with van der Waals surface area (Å²) in [6, 6.07) is 11.8. The van der Waals surface area contributed by atoms with Crippen molar-refractivity contribution in [1.29, 1.82) is 0 Å². The van der Waals surface area contributed by atoms with Gasteiger partial charge in [-0.3, -0.25) is 9.59 Å². The first-order valence-electron chi connectivity index (χ1n) is 9.34. The molecule has 1 N–H and O–H groups in total. The average molecular weight is 408 g/mol. The highest BCUT2D eigenvalue weighted by atomic mass is 16.7. The van der Waals surface area contributed by atoms with E-state index in [0.29, 0.717) is 33.9 Å². The largest absolute Gasteiger partial charge is 0.497 e. The van der Waals surface area contributed by atoms with Crippen molar-refractivity contribution in [3.05, 3.63) is 76.4 Å². The molecule has 0 fully saturated rings. The summed E-state index contributed by atoms with van der Waals surface area (Å²) in [7, 11) is 3.06. The second-order valence-corrected chi connectivity index (χ2v) is 6.65. The topological polar surface area (TPSA) is 91.3 Å². The molecule has 1 unspecified atom stereocenters. The molecule has 1 atom stereocenters. The standard InChI is InChI=1S/C23H20O7/c1-27-13-7-8-18(28-2)16(11-13)19-12-17-20(23(30-19)29-10-9-24)22(26)15-6-4-3-5-14(15)21(17)25/h3-8,11-12,23-24H,9-10H2,1-2H3. The van der Waals surface area contributed by atoms with Crippen molar-refractivity contribution in [3.8, 4) is 11.5 Å². The fourth-order valence-corrected chi connectivity index (χ4v) is 3.56. The third-order valence-electron chi connectivity index (χ3n) is 4.97. The molecule has 2 aromatic rings. The molecular formula is C23H20O7. The number of hydrogen-bond acceptors (Lipinski definition) is 7. The monoisotopic (exact) mass is 408 g/mol. The van der Waals surface area contributed by atoms with Gasteiger partial charge in [-0.1, -0.05) is 24.3 Å². The lowest BCUT2D eigenvalue weighted by molar-refractivity contribution is -0.0802. The molecular weight excluding hydrogens is 388 g/mol. The molecule has 0 saturated carbocycles. The molecule has 0 bridgehead atoms. The Morgan fingerprint density at radius 1 is 0.967 bits per heavy atom. The smallest absolute Gasteiger partial charge is 0.231 e. The van der Waals surface area contributed by atoms with Crippen molar-refractivity contribution >= 4 is 17.3 Å². The zero-order valence-corrected chi connectivity index (χ0v) is 16.5. The highest BCUT2D eigenvalue weighted by molar-refractivity contribution is 6.28. The lowest BCUT2D eigenvalue weighted by Crippen LogP contribution is -2.34. The van der Waals surface area contributed by atoms with Gasteiger partial charge in [-0.25, -0.2) is 0 Å². The Labute approximate surface area is 173 Å². The van der Waals surface area contributed by atoms with Gasteiger partial charge < -0.3 is 24.1 Å². The molecule has 1 aliphatic carbocycles. The van der Waals surface area contributed by atoms with Gasteiger partial charge in [0.2, 0.25) is 6.29 Å². The zero-order valence-electron chi connectivity index (χ0n) is 16.5. The molecule has 0 aromatic heterocycles. The second kappa shape index (κ2) is 8.14. The predicted octanol–water partition coefficient (Wildman–Crippen LogP) is 2.79. The Balaban J connectivity index is 1.88. The van der Waals surface area contributed by atoms with Crippen molar-refractivity contribution in [2.24, 2.45) is 0 Å². The van der Waals surface area contributed by atoms with E-state index in [0.717, 1.165) is 0 Å². The number of rotatable bonds is 6. The third-order valence-corrected chi connectivity index (χ3v) is 4.97. The number of hydrogen-bond donors (Lipinski definition) is 1. The van der Waals surface area contributed by atoms with Crippen LogP contribution in [0.5, 0.6) is 11.5 Å². The van der Waals surface area contributed by atoms with Gasteiger partial charge in [0.05, 0.1) is 38.6 Å². The number of allylic oxidation sites excluding steroid dienone is 2. The fraction of sp³-hybridized carbons (Fsp3) is 0.217. The Kier molecular flexibility index (Phi) is 5.39. The summed E-state index contributed by atoms with van der Waals surface area (Å²) in [6.07, 6.45) is 0.384. The van der Waals surface area contributed by atoms with Crippen LogP contribution in [0.1, 0.15) is 26.3 Å². The Morgan fingerprint density at radius 2 is 1.70 bits per heavy atom. The van der Waals surface area contributed by atoms with Gasteiger partial charge in [-0.15, -0.1) is 0 Å². The molecule has 0 radical (unpaired) electrons. The van der Waals surface area contributed by atoms with Crippen LogP contribution in [0.4, 0.5) is 0 Å². The summed E-state index contributed by atoms with van der Waals surface area (Å²) in [5.74, 6) is 0.741. The van der Waals surface area contributed by atoms with Crippen molar-refractivity contribution in [2.45, 2.75) is 6.29 Å². The fourth-order valence-electron chi connectivity index (χ4n) is 3.56. The number of ether oxygens (including phenoxy) is 4. The van der Waals surface area contributed by atoms with E-state index in [2.05, 4.69) is 0 Å². The first-order chi connectivity index (χ1) is 14.6. The summed E-state index contributed by atoms with van der Waals surface area (Å²) in [6.45, 7) is -0.324. The molecule has 7 heteroatoms. The molecule has 7 nitrogen and oxygen atoms in total. The normalized spacial score (nSPS) is 17.7. The molecule has 1 heterocycles. The van der Waals surface area contributed by atoms with Crippen molar-refractivity contribution in [3.63, 3.8) is 0 Å². The Bertz CT molecular complexity index is 1080. The summed E-state index contributed by atoms with van der Waals surface area (Å²) >= 11 is 0. The molecule has 0 spiro atoms. The van der Waals surface area contributed by atoms with Gasteiger partial charge in [-0.05, 0) is 24.3 Å². The number of aliphatic hydroxyl groups is 1. The number of carbonyl (C=O) groups excluding carboxylic acids is 2. The van der Waals surface area contributed by atoms with E-state index >= 15 is 0 Å². The van der Waals surface area contributed by atoms with Crippen molar-refractivity contribution in [2.75, 3.05) is 27.4 Å². The first kappa shape index (κ1) is 19.9. The molecule has 0 amide bonds. The van der Waals surface area contributed by atoms with Gasteiger partial charge >= 0.3 is 0 Å². The lowest BCUT2D eigenvalue weighted by atomic mass is 9.82. The number of benzene rings is 2. The van der Waals surface area contributed by atoms with Crippen LogP contribution >= 0.6 is 0 Å². The molecule has 154 valence electrons. The molecule has 2 aromatic carbocycles. The highest BCUT2D eigenvalue weighted by Gasteiger charge is 2.40. The van der Waals surface area contributed by atoms with Crippen LogP contribution in [0, 0.1) is 0 Å². The lowest BCUT2D eigenvalue weighted by Gasteiger charge is -2.31. The summed E-state index contributed by atoms with van der Waals surface area (Å²) < 4.78 is 22.3. The number of fused-ring (bicyclic) bond motifs is 1. The number of methoxy groups -OCH3 is 2. The maximum atomic E-state index is 13.2. The average Bonchev–Trinajstić information content (AvgIpc) is 2.80. The van der Waals surface area contributed by atoms with Crippen LogP contribution in [0.3, 0.4) is 0 Å². The van der Waals surface area contributed by atoms with Gasteiger partial charge in [0.25, 0.3) is 0 Å². The van der Waals surface area contributed by atoms with Crippen LogP contribution in [0.15, 0.2) is 59.7 Å².